The molecule has 26 heavy (non-hydrogen) atoms. The maximum absolute atomic E-state index is 13.1. The van der Waals surface area contributed by atoms with Gasteiger partial charge in [0.2, 0.25) is 11.6 Å². The van der Waals surface area contributed by atoms with Gasteiger partial charge in [-0.1, -0.05) is 0 Å². The highest BCUT2D eigenvalue weighted by atomic mass is 19.4. The minimum atomic E-state index is -7.75. The monoisotopic (exact) mass is 428 g/mol. The van der Waals surface area contributed by atoms with Crippen molar-refractivity contribution < 1.29 is 75.0 Å². The van der Waals surface area contributed by atoms with Gasteiger partial charge in [-0.05, 0) is 0 Å². The second-order valence-electron chi connectivity index (χ2n) is 4.64. The van der Waals surface area contributed by atoms with Crippen LogP contribution < -0.4 is 0 Å². The first-order valence-electron chi connectivity index (χ1n) is 5.43. The Bertz CT molecular complexity index is 565. The first-order chi connectivity index (χ1) is 11.0. The van der Waals surface area contributed by atoms with E-state index in [0.717, 1.165) is 0 Å². The molecule has 1 aliphatic carbocycles. The van der Waals surface area contributed by atoms with Gasteiger partial charge in [0.05, 0.1) is 0 Å². The lowest BCUT2D eigenvalue weighted by molar-refractivity contribution is -0.454. The summed E-state index contributed by atoms with van der Waals surface area (Å²) in [4.78, 5) is 0. The smallest absolute Gasteiger partial charge is 0.447 e. The van der Waals surface area contributed by atoms with Crippen molar-refractivity contribution in [3.8, 4) is 0 Å². The number of halogens is 16. The van der Waals surface area contributed by atoms with Crippen LogP contribution in [-0.2, 0) is 4.74 Å². The highest BCUT2D eigenvalue weighted by Crippen LogP contribution is 2.63. The van der Waals surface area contributed by atoms with Gasteiger partial charge < -0.3 is 4.74 Å². The molecule has 0 fully saturated rings. The van der Waals surface area contributed by atoms with Gasteiger partial charge >= 0.3 is 41.9 Å². The fourth-order valence-electron chi connectivity index (χ4n) is 1.68. The Hall–Kier alpha value is -1.58. The molecule has 1 aliphatic rings. The van der Waals surface area contributed by atoms with Crippen molar-refractivity contribution in [3.63, 3.8) is 0 Å². The van der Waals surface area contributed by atoms with Crippen molar-refractivity contribution in [2.75, 3.05) is 0 Å². The summed E-state index contributed by atoms with van der Waals surface area (Å²) >= 11 is 0. The molecule has 0 heterocycles. The van der Waals surface area contributed by atoms with E-state index < -0.39 is 53.5 Å². The molecule has 0 aromatic carbocycles. The van der Waals surface area contributed by atoms with Crippen molar-refractivity contribution in [2.45, 2.75) is 41.9 Å². The van der Waals surface area contributed by atoms with E-state index in [1.165, 1.54) is 0 Å². The van der Waals surface area contributed by atoms with Crippen LogP contribution in [0.25, 0.3) is 0 Å². The largest absolute Gasteiger partial charge is 0.457 e. The molecule has 0 radical (unpaired) electrons. The number of allylic oxidation sites excluding steroid dienone is 2. The topological polar surface area (TPSA) is 9.23 Å². The Morgan fingerprint density at radius 1 is 0.577 bits per heavy atom. The van der Waals surface area contributed by atoms with Crippen molar-refractivity contribution in [3.05, 3.63) is 11.6 Å². The van der Waals surface area contributed by atoms with Gasteiger partial charge in [0.15, 0.2) is 0 Å². The predicted octanol–water partition coefficient (Wildman–Crippen LogP) is 5.53. The molecule has 0 aromatic heterocycles. The fraction of sp³-hybridized carbons (Fsp3) is 0.778. The van der Waals surface area contributed by atoms with Crippen LogP contribution >= 0.6 is 0 Å². The molecule has 0 bridgehead atoms. The second kappa shape index (κ2) is 5.24. The van der Waals surface area contributed by atoms with Crippen LogP contribution in [0.2, 0.25) is 0 Å². The van der Waals surface area contributed by atoms with Crippen LogP contribution in [0.1, 0.15) is 0 Å². The van der Waals surface area contributed by atoms with E-state index in [1.54, 1.807) is 0 Å². The quantitative estimate of drug-likeness (QED) is 0.526. The minimum Gasteiger partial charge on any atom is -0.457 e. The molecule has 0 unspecified atom stereocenters. The van der Waals surface area contributed by atoms with Gasteiger partial charge in [-0.25, -0.2) is 4.39 Å². The number of alkyl halides is 15. The van der Waals surface area contributed by atoms with E-state index in [-0.39, 0.29) is 0 Å². The normalized spacial score (nSPS) is 23.4. The Balaban J connectivity index is 3.84. The average Bonchev–Trinajstić information content (AvgIpc) is 2.40. The summed E-state index contributed by atoms with van der Waals surface area (Å²) in [5.41, 5.74) is -7.69. The van der Waals surface area contributed by atoms with E-state index in [2.05, 4.69) is 0 Å². The van der Waals surface area contributed by atoms with Crippen LogP contribution in [0.4, 0.5) is 70.2 Å². The molecule has 0 spiro atoms. The number of hydrogen-bond acceptors (Lipinski definition) is 1. The molecule has 0 aromatic rings. The first-order valence-corrected chi connectivity index (χ1v) is 5.43. The first kappa shape index (κ1) is 22.5. The van der Waals surface area contributed by atoms with E-state index in [1.807, 2.05) is 4.74 Å². The fourth-order valence-corrected chi connectivity index (χ4v) is 1.68. The Labute approximate surface area is 130 Å². The third kappa shape index (κ3) is 2.48. The number of rotatable bonds is 2. The Morgan fingerprint density at radius 2 is 0.885 bits per heavy atom. The van der Waals surface area contributed by atoms with Crippen LogP contribution in [-0.4, -0.2) is 41.9 Å². The average molecular weight is 428 g/mol. The maximum Gasteiger partial charge on any atom is 0.447 e. The summed E-state index contributed by atoms with van der Waals surface area (Å²) in [6.45, 7) is 0. The molecular weight excluding hydrogens is 428 g/mol. The lowest BCUT2D eigenvalue weighted by Gasteiger charge is -2.39. The molecule has 154 valence electrons. The highest BCUT2D eigenvalue weighted by molar-refractivity contribution is 5.34. The van der Waals surface area contributed by atoms with Crippen molar-refractivity contribution in [2.24, 2.45) is 0 Å². The maximum atomic E-state index is 13.1. The summed E-state index contributed by atoms with van der Waals surface area (Å²) in [5, 5.41) is 0. The van der Waals surface area contributed by atoms with Crippen LogP contribution in [0.5, 0.6) is 0 Å². The summed E-state index contributed by atoms with van der Waals surface area (Å²) < 4.78 is 204. The molecule has 0 atom stereocenters. The number of ether oxygens (including phenoxy) is 1. The van der Waals surface area contributed by atoms with Gasteiger partial charge in [-0.15, -0.1) is 0 Å². The molecular formula is C9F16O. The van der Waals surface area contributed by atoms with Crippen LogP contribution in [0.3, 0.4) is 0 Å². The summed E-state index contributed by atoms with van der Waals surface area (Å²) in [5.74, 6) is -29.6. The molecule has 0 saturated carbocycles. The van der Waals surface area contributed by atoms with E-state index in [4.69, 9.17) is 0 Å². The van der Waals surface area contributed by atoms with E-state index in [0.29, 0.717) is 0 Å². The van der Waals surface area contributed by atoms with Crippen molar-refractivity contribution >= 4 is 0 Å². The van der Waals surface area contributed by atoms with E-state index in [9.17, 15) is 70.2 Å². The molecule has 0 N–H and O–H groups in total. The van der Waals surface area contributed by atoms with Gasteiger partial charge in [0.25, 0.3) is 0 Å². The zero-order valence-electron chi connectivity index (χ0n) is 11.0. The van der Waals surface area contributed by atoms with Crippen LogP contribution in [0, 0.1) is 0 Å². The zero-order valence-corrected chi connectivity index (χ0v) is 11.0. The van der Waals surface area contributed by atoms with Crippen LogP contribution in [0.15, 0.2) is 11.6 Å². The van der Waals surface area contributed by atoms with Gasteiger partial charge in [-0.3, -0.25) is 0 Å². The standard InChI is InChI=1S/C9F16O/c10-1-2(4(13,14)6(15,16)3(1,11)12)26-5(7(17,18)19,8(20,21)22)9(23,24)25. The molecule has 0 saturated heterocycles. The van der Waals surface area contributed by atoms with E-state index >= 15 is 0 Å². The zero-order chi connectivity index (χ0) is 21.4. The molecule has 1 rings (SSSR count). The lowest BCUT2D eigenvalue weighted by Crippen LogP contribution is -2.68. The Morgan fingerprint density at radius 3 is 1.08 bits per heavy atom. The molecule has 1 nitrogen and oxygen atoms in total. The molecule has 0 amide bonds. The predicted molar refractivity (Wildman–Crippen MR) is 45.0 cm³/mol. The SMILES string of the molecule is FC1=C(OC(C(F)(F)F)(C(F)(F)F)C(F)(F)F)C(F)(F)C(F)(F)C1(F)F. The summed E-state index contributed by atoms with van der Waals surface area (Å²) in [6.07, 6.45) is -23.2. The number of hydrogen-bond donors (Lipinski definition) is 0. The Kier molecular flexibility index (Phi) is 4.52. The molecule has 17 heteroatoms. The van der Waals surface area contributed by atoms with Crippen molar-refractivity contribution in [1.82, 2.24) is 0 Å². The lowest BCUT2D eigenvalue weighted by atomic mass is 10.0. The van der Waals surface area contributed by atoms with Gasteiger partial charge in [-0.2, -0.15) is 65.9 Å². The minimum absolute atomic E-state index is 1.91. The second-order valence-corrected chi connectivity index (χ2v) is 4.64. The van der Waals surface area contributed by atoms with Crippen molar-refractivity contribution in [1.29, 1.82) is 0 Å². The van der Waals surface area contributed by atoms with Gasteiger partial charge in [0.1, 0.15) is 0 Å². The molecule has 0 aliphatic heterocycles. The third-order valence-corrected chi connectivity index (χ3v) is 3.00. The highest BCUT2D eigenvalue weighted by Gasteiger charge is 2.90. The summed E-state index contributed by atoms with van der Waals surface area (Å²) in [6, 6.07) is 0. The summed E-state index contributed by atoms with van der Waals surface area (Å²) in [7, 11) is 0. The third-order valence-electron chi connectivity index (χ3n) is 3.00. The van der Waals surface area contributed by atoms with Gasteiger partial charge in [0, 0.05) is 0 Å².